The van der Waals surface area contributed by atoms with Crippen LogP contribution >= 0.6 is 0 Å². The van der Waals surface area contributed by atoms with Crippen LogP contribution in [0.3, 0.4) is 0 Å². The van der Waals surface area contributed by atoms with Crippen LogP contribution in [-0.4, -0.2) is 18.9 Å². The summed E-state index contributed by atoms with van der Waals surface area (Å²) in [7, 11) is 0. The molecule has 0 radical (unpaired) electrons. The van der Waals surface area contributed by atoms with Crippen LogP contribution in [0, 0.1) is 11.3 Å². The quantitative estimate of drug-likeness (QED) is 0.582. The Bertz CT molecular complexity index is 162. The third-order valence-corrected chi connectivity index (χ3v) is 1.02. The molecule has 4 nitrogen and oxygen atoms in total. The van der Waals surface area contributed by atoms with Crippen LogP contribution in [-0.2, 0) is 9.47 Å². The van der Waals surface area contributed by atoms with E-state index in [1.165, 1.54) is 0 Å². The van der Waals surface area contributed by atoms with Crippen molar-refractivity contribution in [2.24, 2.45) is 0 Å². The normalized spacial score (nSPS) is 11.4. The van der Waals surface area contributed by atoms with Crippen molar-refractivity contribution in [2.45, 2.75) is 26.4 Å². The molecule has 0 aromatic carbocycles. The van der Waals surface area contributed by atoms with Crippen LogP contribution in [0.5, 0.6) is 0 Å². The zero-order chi connectivity index (χ0) is 8.69. The van der Waals surface area contributed by atoms with Gasteiger partial charge in [-0.05, 0) is 13.3 Å². The summed E-state index contributed by atoms with van der Waals surface area (Å²) in [5.74, 6) is 0. The van der Waals surface area contributed by atoms with Gasteiger partial charge in [-0.3, -0.25) is 0 Å². The summed E-state index contributed by atoms with van der Waals surface area (Å²) in [6, 6.07) is 1.82. The van der Waals surface area contributed by atoms with E-state index in [0.29, 0.717) is 6.42 Å². The van der Waals surface area contributed by atoms with Gasteiger partial charge in [0.05, 0.1) is 6.61 Å². The van der Waals surface area contributed by atoms with Crippen LogP contribution in [0.1, 0.15) is 20.3 Å². The molecule has 0 saturated heterocycles. The fourth-order valence-corrected chi connectivity index (χ4v) is 0.469. The molecule has 0 aliphatic heterocycles. The summed E-state index contributed by atoms with van der Waals surface area (Å²) in [5, 5.41) is 8.36. The van der Waals surface area contributed by atoms with Crippen LogP contribution in [0.2, 0.25) is 0 Å². The Balaban J connectivity index is 3.65. The zero-order valence-corrected chi connectivity index (χ0v) is 6.66. The number of nitriles is 1. The highest BCUT2D eigenvalue weighted by Gasteiger charge is 2.10. The molecule has 0 aliphatic rings. The van der Waals surface area contributed by atoms with Crippen molar-refractivity contribution < 1.29 is 14.3 Å². The maximum atomic E-state index is 10.6. The maximum Gasteiger partial charge on any atom is 0.509 e. The molecule has 0 aromatic rings. The minimum Gasteiger partial charge on any atom is -0.435 e. The minimum absolute atomic E-state index is 0.265. The van der Waals surface area contributed by atoms with E-state index < -0.39 is 12.3 Å². The molecule has 0 fully saturated rings. The van der Waals surface area contributed by atoms with E-state index in [1.54, 1.807) is 13.8 Å². The number of nitrogens with zero attached hydrogens (tertiary/aromatic N) is 1. The number of hydrogen-bond acceptors (Lipinski definition) is 4. The second-order valence-corrected chi connectivity index (χ2v) is 1.83. The van der Waals surface area contributed by atoms with E-state index >= 15 is 0 Å². The highest BCUT2D eigenvalue weighted by atomic mass is 16.7. The zero-order valence-electron chi connectivity index (χ0n) is 6.66. The molecular formula is C7H11NO3. The molecule has 0 heterocycles. The largest absolute Gasteiger partial charge is 0.509 e. The first kappa shape index (κ1) is 9.76. The van der Waals surface area contributed by atoms with Gasteiger partial charge in [0.25, 0.3) is 0 Å². The molecule has 0 rings (SSSR count). The van der Waals surface area contributed by atoms with Gasteiger partial charge in [0.15, 0.2) is 6.10 Å². The summed E-state index contributed by atoms with van der Waals surface area (Å²) >= 11 is 0. The summed E-state index contributed by atoms with van der Waals surface area (Å²) < 4.78 is 9.03. The van der Waals surface area contributed by atoms with Gasteiger partial charge >= 0.3 is 6.16 Å². The predicted molar refractivity (Wildman–Crippen MR) is 37.8 cm³/mol. The number of rotatable bonds is 3. The fourth-order valence-electron chi connectivity index (χ4n) is 0.469. The monoisotopic (exact) mass is 157 g/mol. The van der Waals surface area contributed by atoms with Crippen molar-refractivity contribution in [1.29, 1.82) is 5.26 Å². The highest BCUT2D eigenvalue weighted by molar-refractivity contribution is 5.60. The summed E-state index contributed by atoms with van der Waals surface area (Å²) in [6.45, 7) is 3.70. The number of hydrogen-bond donors (Lipinski definition) is 0. The van der Waals surface area contributed by atoms with E-state index in [2.05, 4.69) is 9.47 Å². The van der Waals surface area contributed by atoms with Crippen LogP contribution in [0.25, 0.3) is 0 Å². The molecule has 0 bridgehead atoms. The molecule has 1 atom stereocenters. The Kier molecular flexibility index (Phi) is 4.91. The number of carbonyl (C=O) groups excluding carboxylic acids is 1. The summed E-state index contributed by atoms with van der Waals surface area (Å²) in [6.07, 6.45) is -0.982. The molecular weight excluding hydrogens is 146 g/mol. The molecule has 4 heteroatoms. The van der Waals surface area contributed by atoms with Crippen molar-refractivity contribution in [3.05, 3.63) is 0 Å². The molecule has 0 aromatic heterocycles. The number of ether oxygens (including phenoxy) is 2. The van der Waals surface area contributed by atoms with Gasteiger partial charge in [-0.2, -0.15) is 5.26 Å². The predicted octanol–water partition coefficient (Wildman–Crippen LogP) is 1.46. The lowest BCUT2D eigenvalue weighted by atomic mass is 10.3. The summed E-state index contributed by atoms with van der Waals surface area (Å²) in [4.78, 5) is 10.6. The second kappa shape index (κ2) is 5.54. The van der Waals surface area contributed by atoms with Crippen molar-refractivity contribution in [3.8, 4) is 6.07 Å². The van der Waals surface area contributed by atoms with E-state index in [0.717, 1.165) is 0 Å². The van der Waals surface area contributed by atoms with E-state index in [-0.39, 0.29) is 6.61 Å². The summed E-state index contributed by atoms with van der Waals surface area (Å²) in [5.41, 5.74) is 0. The average molecular weight is 157 g/mol. The molecule has 62 valence electrons. The minimum atomic E-state index is -0.777. The van der Waals surface area contributed by atoms with Gasteiger partial charge in [-0.15, -0.1) is 0 Å². The first-order chi connectivity index (χ1) is 5.24. The van der Waals surface area contributed by atoms with Crippen LogP contribution in [0.4, 0.5) is 4.79 Å². The van der Waals surface area contributed by atoms with Crippen molar-refractivity contribution >= 4 is 6.16 Å². The molecule has 0 aliphatic carbocycles. The van der Waals surface area contributed by atoms with Gasteiger partial charge in [0.2, 0.25) is 0 Å². The van der Waals surface area contributed by atoms with Crippen molar-refractivity contribution in [2.75, 3.05) is 6.61 Å². The average Bonchev–Trinajstić information content (AvgIpc) is 2.01. The molecule has 0 amide bonds. The van der Waals surface area contributed by atoms with Crippen molar-refractivity contribution in [3.63, 3.8) is 0 Å². The lowest BCUT2D eigenvalue weighted by molar-refractivity contribution is 0.0416. The highest BCUT2D eigenvalue weighted by Crippen LogP contribution is 1.97. The first-order valence-electron chi connectivity index (χ1n) is 3.47. The third-order valence-electron chi connectivity index (χ3n) is 1.02. The second-order valence-electron chi connectivity index (χ2n) is 1.83. The van der Waals surface area contributed by atoms with Gasteiger partial charge < -0.3 is 9.47 Å². The van der Waals surface area contributed by atoms with Gasteiger partial charge in [-0.25, -0.2) is 4.79 Å². The van der Waals surface area contributed by atoms with Gasteiger partial charge in [-0.1, -0.05) is 6.92 Å². The van der Waals surface area contributed by atoms with Gasteiger partial charge in [0.1, 0.15) is 6.07 Å². The Morgan fingerprint density at radius 2 is 2.27 bits per heavy atom. The molecule has 0 unspecified atom stereocenters. The van der Waals surface area contributed by atoms with Crippen LogP contribution < -0.4 is 0 Å². The van der Waals surface area contributed by atoms with Crippen LogP contribution in [0.15, 0.2) is 0 Å². The number of carbonyl (C=O) groups is 1. The first-order valence-corrected chi connectivity index (χ1v) is 3.47. The smallest absolute Gasteiger partial charge is 0.435 e. The van der Waals surface area contributed by atoms with E-state index in [9.17, 15) is 4.79 Å². The van der Waals surface area contributed by atoms with Gasteiger partial charge in [0, 0.05) is 0 Å². The lowest BCUT2D eigenvalue weighted by Crippen LogP contribution is -2.16. The Labute approximate surface area is 65.7 Å². The topological polar surface area (TPSA) is 59.3 Å². The fraction of sp³-hybridized carbons (Fsp3) is 0.714. The van der Waals surface area contributed by atoms with Crippen molar-refractivity contribution in [1.82, 2.24) is 0 Å². The SMILES string of the molecule is CCOC(=O)O[C@@H](C#N)CC. The Morgan fingerprint density at radius 3 is 2.64 bits per heavy atom. The Morgan fingerprint density at radius 1 is 1.64 bits per heavy atom. The maximum absolute atomic E-state index is 10.6. The molecule has 0 N–H and O–H groups in total. The molecule has 0 spiro atoms. The Hall–Kier alpha value is -1.24. The molecule has 11 heavy (non-hydrogen) atoms. The standard InChI is InChI=1S/C7H11NO3/c1-3-6(5-8)11-7(9)10-4-2/h6H,3-4H2,1-2H3/t6-/m1/s1. The third kappa shape index (κ3) is 4.20. The van der Waals surface area contributed by atoms with E-state index in [1.807, 2.05) is 6.07 Å². The lowest BCUT2D eigenvalue weighted by Gasteiger charge is -2.06. The molecule has 0 saturated carbocycles. The van der Waals surface area contributed by atoms with E-state index in [4.69, 9.17) is 5.26 Å².